The highest BCUT2D eigenvalue weighted by Crippen LogP contribution is 2.30. The Morgan fingerprint density at radius 2 is 2.08 bits per heavy atom. The van der Waals surface area contributed by atoms with E-state index in [-0.39, 0.29) is 24.4 Å². The molecule has 1 aromatic heterocycles. The zero-order valence-corrected chi connectivity index (χ0v) is 16.3. The first-order valence-corrected chi connectivity index (χ1v) is 10.2. The summed E-state index contributed by atoms with van der Waals surface area (Å²) in [5, 5.41) is 8.02. The normalized spacial score (nSPS) is 23.3. The van der Waals surface area contributed by atoms with Gasteiger partial charge in [-0.2, -0.15) is 16.9 Å². The van der Waals surface area contributed by atoms with Crippen LogP contribution in [-0.2, 0) is 0 Å². The fraction of sp³-hybridized carbons (Fsp3) is 0.474. The van der Waals surface area contributed by atoms with Crippen LogP contribution < -0.4 is 5.32 Å². The van der Waals surface area contributed by atoms with Crippen LogP contribution >= 0.6 is 24.2 Å². The fourth-order valence-corrected chi connectivity index (χ4v) is 4.75. The Morgan fingerprint density at radius 3 is 2.85 bits per heavy atom. The van der Waals surface area contributed by atoms with Crippen LogP contribution in [0, 0.1) is 0 Å². The quantitative estimate of drug-likeness (QED) is 0.871. The van der Waals surface area contributed by atoms with E-state index in [0.717, 1.165) is 44.0 Å². The second-order valence-corrected chi connectivity index (χ2v) is 7.83. The van der Waals surface area contributed by atoms with Gasteiger partial charge in [0.15, 0.2) is 0 Å². The Bertz CT molecular complexity index is 717. The summed E-state index contributed by atoms with van der Waals surface area (Å²) in [5.41, 5.74) is 1.78. The second-order valence-electron chi connectivity index (χ2n) is 6.68. The zero-order valence-electron chi connectivity index (χ0n) is 14.7. The minimum absolute atomic E-state index is 0. The van der Waals surface area contributed by atoms with Gasteiger partial charge in [-0.3, -0.25) is 9.48 Å². The van der Waals surface area contributed by atoms with E-state index in [1.165, 1.54) is 5.56 Å². The molecule has 5 nitrogen and oxygen atoms in total. The molecule has 1 aromatic carbocycles. The Morgan fingerprint density at radius 1 is 1.23 bits per heavy atom. The molecule has 0 aliphatic carbocycles. The van der Waals surface area contributed by atoms with Crippen molar-refractivity contribution in [1.82, 2.24) is 20.0 Å². The highest BCUT2D eigenvalue weighted by molar-refractivity contribution is 7.99. The number of rotatable bonds is 3. The van der Waals surface area contributed by atoms with Crippen molar-refractivity contribution in [3.05, 3.63) is 53.9 Å². The molecular formula is C19H25ClN4OS. The summed E-state index contributed by atoms with van der Waals surface area (Å²) in [7, 11) is 0. The summed E-state index contributed by atoms with van der Waals surface area (Å²) >= 11 is 1.91. The number of hydrogen-bond donors (Lipinski definition) is 1. The molecule has 26 heavy (non-hydrogen) atoms. The first-order chi connectivity index (χ1) is 12.3. The molecule has 4 rings (SSSR count). The lowest BCUT2D eigenvalue weighted by molar-refractivity contribution is 0.0694. The molecule has 0 spiro atoms. The van der Waals surface area contributed by atoms with Crippen LogP contribution in [-0.4, -0.2) is 51.7 Å². The van der Waals surface area contributed by atoms with Gasteiger partial charge in [-0.15, -0.1) is 12.4 Å². The summed E-state index contributed by atoms with van der Waals surface area (Å²) < 4.78 is 1.97. The Hall–Kier alpha value is -1.50. The lowest BCUT2D eigenvalue weighted by atomic mass is 10.1. The number of nitrogens with one attached hydrogen (secondary N) is 1. The molecule has 1 N–H and O–H groups in total. The number of hydrogen-bond acceptors (Lipinski definition) is 4. The maximum Gasteiger partial charge on any atom is 0.274 e. The van der Waals surface area contributed by atoms with Crippen molar-refractivity contribution in [2.45, 2.75) is 24.9 Å². The van der Waals surface area contributed by atoms with Gasteiger partial charge in [0.2, 0.25) is 0 Å². The third-order valence-electron chi connectivity index (χ3n) is 5.05. The van der Waals surface area contributed by atoms with E-state index in [1.54, 1.807) is 0 Å². The number of benzene rings is 1. The molecule has 2 atom stereocenters. The van der Waals surface area contributed by atoms with E-state index < -0.39 is 0 Å². The SMILES string of the molecule is Cl.O=C(c1ccn(C2CCCNC2)n1)N1CCSCC1c1ccccc1. The monoisotopic (exact) mass is 392 g/mol. The molecule has 140 valence electrons. The van der Waals surface area contributed by atoms with Gasteiger partial charge in [0, 0.05) is 30.8 Å². The number of piperidine rings is 1. The number of amides is 1. The third kappa shape index (κ3) is 4.08. The van der Waals surface area contributed by atoms with Crippen molar-refractivity contribution in [3.63, 3.8) is 0 Å². The number of thioether (sulfide) groups is 1. The standard InChI is InChI=1S/C19H24N4OS.ClH/c24-19(17-8-10-23(21-17)16-7-4-9-20-13-16)22-11-12-25-14-18(22)15-5-2-1-3-6-15;/h1-3,5-6,8,10,16,18,20H,4,7,9,11-14H2;1H. The average Bonchev–Trinajstić information content (AvgIpc) is 3.19. The van der Waals surface area contributed by atoms with Gasteiger partial charge < -0.3 is 10.2 Å². The number of aromatic nitrogens is 2. The predicted molar refractivity (Wildman–Crippen MR) is 108 cm³/mol. The molecule has 2 saturated heterocycles. The molecular weight excluding hydrogens is 368 g/mol. The Balaban J connectivity index is 0.00000196. The van der Waals surface area contributed by atoms with Crippen molar-refractivity contribution >= 4 is 30.1 Å². The molecule has 3 heterocycles. The smallest absolute Gasteiger partial charge is 0.274 e. The van der Waals surface area contributed by atoms with Crippen LogP contribution in [0.5, 0.6) is 0 Å². The molecule has 2 aliphatic heterocycles. The molecule has 2 aliphatic rings. The first-order valence-electron chi connectivity index (χ1n) is 9.02. The summed E-state index contributed by atoms with van der Waals surface area (Å²) in [6.45, 7) is 2.79. The minimum Gasteiger partial charge on any atom is -0.329 e. The summed E-state index contributed by atoms with van der Waals surface area (Å²) in [4.78, 5) is 15.1. The first kappa shape index (κ1) is 19.3. The van der Waals surface area contributed by atoms with E-state index in [4.69, 9.17) is 0 Å². The maximum absolute atomic E-state index is 13.1. The fourth-order valence-electron chi connectivity index (χ4n) is 3.66. The van der Waals surface area contributed by atoms with Gasteiger partial charge in [-0.05, 0) is 31.0 Å². The van der Waals surface area contributed by atoms with Crippen LogP contribution in [0.3, 0.4) is 0 Å². The topological polar surface area (TPSA) is 50.2 Å². The van der Waals surface area contributed by atoms with Crippen molar-refractivity contribution in [1.29, 1.82) is 0 Å². The van der Waals surface area contributed by atoms with E-state index in [2.05, 4.69) is 22.5 Å². The Labute approximate surface area is 164 Å². The summed E-state index contributed by atoms with van der Waals surface area (Å²) in [6, 6.07) is 12.7. The van der Waals surface area contributed by atoms with Crippen molar-refractivity contribution in [2.24, 2.45) is 0 Å². The van der Waals surface area contributed by atoms with Crippen LogP contribution in [0.2, 0.25) is 0 Å². The van der Waals surface area contributed by atoms with E-state index in [0.29, 0.717) is 11.7 Å². The van der Waals surface area contributed by atoms with E-state index >= 15 is 0 Å². The number of carbonyl (C=O) groups is 1. The largest absolute Gasteiger partial charge is 0.329 e. The van der Waals surface area contributed by atoms with Gasteiger partial charge in [-0.1, -0.05) is 30.3 Å². The molecule has 7 heteroatoms. The summed E-state index contributed by atoms with van der Waals surface area (Å²) in [6.07, 6.45) is 4.24. The zero-order chi connectivity index (χ0) is 17.1. The van der Waals surface area contributed by atoms with E-state index in [1.807, 2.05) is 51.8 Å². The number of nitrogens with zero attached hydrogens (tertiary/aromatic N) is 3. The molecule has 2 aromatic rings. The van der Waals surface area contributed by atoms with Crippen LogP contribution in [0.15, 0.2) is 42.6 Å². The van der Waals surface area contributed by atoms with Gasteiger partial charge in [0.1, 0.15) is 5.69 Å². The Kier molecular flexibility index (Phi) is 6.62. The molecule has 2 fully saturated rings. The molecule has 1 amide bonds. The number of halogens is 1. The van der Waals surface area contributed by atoms with Crippen LogP contribution in [0.1, 0.15) is 41.0 Å². The highest BCUT2D eigenvalue weighted by Gasteiger charge is 2.30. The second kappa shape index (κ2) is 8.93. The van der Waals surface area contributed by atoms with Gasteiger partial charge >= 0.3 is 0 Å². The van der Waals surface area contributed by atoms with E-state index in [9.17, 15) is 4.79 Å². The van der Waals surface area contributed by atoms with Crippen LogP contribution in [0.25, 0.3) is 0 Å². The van der Waals surface area contributed by atoms with Crippen LogP contribution in [0.4, 0.5) is 0 Å². The summed E-state index contributed by atoms with van der Waals surface area (Å²) in [5.74, 6) is 1.99. The van der Waals surface area contributed by atoms with Gasteiger partial charge in [0.25, 0.3) is 5.91 Å². The van der Waals surface area contributed by atoms with Crippen molar-refractivity contribution in [3.8, 4) is 0 Å². The van der Waals surface area contributed by atoms with Gasteiger partial charge in [0.05, 0.1) is 12.1 Å². The highest BCUT2D eigenvalue weighted by atomic mass is 35.5. The molecule has 2 unspecified atom stereocenters. The lowest BCUT2D eigenvalue weighted by Gasteiger charge is -2.35. The van der Waals surface area contributed by atoms with Gasteiger partial charge in [-0.25, -0.2) is 0 Å². The molecule has 0 saturated carbocycles. The minimum atomic E-state index is 0. The number of carbonyl (C=O) groups excluding carboxylic acids is 1. The molecule has 0 bridgehead atoms. The average molecular weight is 393 g/mol. The third-order valence-corrected chi connectivity index (χ3v) is 6.07. The molecule has 0 radical (unpaired) electrons. The maximum atomic E-state index is 13.1. The predicted octanol–water partition coefficient (Wildman–Crippen LogP) is 3.16. The van der Waals surface area contributed by atoms with Crippen molar-refractivity contribution in [2.75, 3.05) is 31.1 Å². The van der Waals surface area contributed by atoms with Crippen molar-refractivity contribution < 1.29 is 4.79 Å². The lowest BCUT2D eigenvalue weighted by Crippen LogP contribution is -2.41.